The summed E-state index contributed by atoms with van der Waals surface area (Å²) in [5.74, 6) is 1.59. The summed E-state index contributed by atoms with van der Waals surface area (Å²) in [5, 5.41) is 14.7. The third kappa shape index (κ3) is 4.07. The van der Waals surface area contributed by atoms with Gasteiger partial charge in [0.05, 0.1) is 23.8 Å². The molecule has 0 amide bonds. The quantitative estimate of drug-likeness (QED) is 0.390. The van der Waals surface area contributed by atoms with E-state index in [2.05, 4.69) is 47.9 Å². The molecule has 2 aliphatic heterocycles. The van der Waals surface area contributed by atoms with E-state index in [1.165, 1.54) is 24.0 Å². The van der Waals surface area contributed by atoms with E-state index in [1.807, 2.05) is 24.3 Å². The van der Waals surface area contributed by atoms with Gasteiger partial charge in [-0.3, -0.25) is 4.99 Å². The minimum Gasteiger partial charge on any atom is -0.491 e. The summed E-state index contributed by atoms with van der Waals surface area (Å²) >= 11 is 12.8. The number of halogens is 2. The van der Waals surface area contributed by atoms with Crippen molar-refractivity contribution >= 4 is 35.1 Å². The van der Waals surface area contributed by atoms with Crippen LogP contribution in [0.2, 0.25) is 10.0 Å². The molecule has 180 valence electrons. The Labute approximate surface area is 216 Å². The van der Waals surface area contributed by atoms with Crippen molar-refractivity contribution in [2.45, 2.75) is 42.6 Å². The first-order chi connectivity index (χ1) is 17.1. The van der Waals surface area contributed by atoms with Gasteiger partial charge in [0.25, 0.3) is 0 Å². The van der Waals surface area contributed by atoms with Gasteiger partial charge in [0.1, 0.15) is 12.4 Å². The Hall–Kier alpha value is -2.37. The maximum Gasteiger partial charge on any atom is 0.124 e. The van der Waals surface area contributed by atoms with Crippen molar-refractivity contribution in [3.63, 3.8) is 0 Å². The fraction of sp³-hybridized carbons (Fsp3) is 0.345. The summed E-state index contributed by atoms with van der Waals surface area (Å²) in [7, 11) is 0. The molecule has 1 spiro atoms. The van der Waals surface area contributed by atoms with Gasteiger partial charge in [-0.15, -0.1) is 0 Å². The number of aliphatic hydroxyl groups excluding tert-OH is 1. The fourth-order valence-electron chi connectivity index (χ4n) is 6.00. The van der Waals surface area contributed by atoms with E-state index in [0.717, 1.165) is 40.6 Å². The van der Waals surface area contributed by atoms with Crippen molar-refractivity contribution in [1.82, 2.24) is 5.32 Å². The Morgan fingerprint density at radius 1 is 0.971 bits per heavy atom. The van der Waals surface area contributed by atoms with Crippen LogP contribution in [0.1, 0.15) is 59.4 Å². The number of hydrogen-bond acceptors (Lipinski definition) is 4. The van der Waals surface area contributed by atoms with Crippen molar-refractivity contribution in [3.8, 4) is 5.75 Å². The highest BCUT2D eigenvalue weighted by molar-refractivity contribution is 6.31. The van der Waals surface area contributed by atoms with Gasteiger partial charge in [0, 0.05) is 27.7 Å². The predicted octanol–water partition coefficient (Wildman–Crippen LogP) is 6.71. The van der Waals surface area contributed by atoms with Gasteiger partial charge in [0.2, 0.25) is 0 Å². The van der Waals surface area contributed by atoms with Crippen molar-refractivity contribution in [2.75, 3.05) is 19.8 Å². The molecule has 1 aliphatic carbocycles. The van der Waals surface area contributed by atoms with Crippen molar-refractivity contribution in [2.24, 2.45) is 4.99 Å². The zero-order valence-electron chi connectivity index (χ0n) is 19.4. The molecule has 35 heavy (non-hydrogen) atoms. The molecule has 1 saturated carbocycles. The highest BCUT2D eigenvalue weighted by Gasteiger charge is 2.53. The zero-order chi connectivity index (χ0) is 24.0. The van der Waals surface area contributed by atoms with E-state index in [0.29, 0.717) is 10.9 Å². The van der Waals surface area contributed by atoms with Crippen LogP contribution in [-0.4, -0.2) is 31.1 Å². The molecule has 3 aromatic carbocycles. The predicted molar refractivity (Wildman–Crippen MR) is 142 cm³/mol. The molecular formula is C29H28Cl2N2O2. The number of hydrogen-bond donors (Lipinski definition) is 2. The summed E-state index contributed by atoms with van der Waals surface area (Å²) in [4.78, 5) is 4.91. The summed E-state index contributed by atoms with van der Waals surface area (Å²) in [5.41, 5.74) is 5.30. The van der Waals surface area contributed by atoms with E-state index in [-0.39, 0.29) is 25.2 Å². The molecule has 0 bridgehead atoms. The highest BCUT2D eigenvalue weighted by atomic mass is 35.5. The summed E-state index contributed by atoms with van der Waals surface area (Å²) in [6, 6.07) is 20.7. The second kappa shape index (κ2) is 9.25. The fourth-order valence-corrected chi connectivity index (χ4v) is 6.36. The monoisotopic (exact) mass is 506 g/mol. The van der Waals surface area contributed by atoms with Crippen molar-refractivity contribution in [1.29, 1.82) is 0 Å². The van der Waals surface area contributed by atoms with Gasteiger partial charge >= 0.3 is 0 Å². The number of nitrogens with zero attached hydrogens (tertiary/aromatic N) is 1. The third-order valence-corrected chi connectivity index (χ3v) is 8.14. The van der Waals surface area contributed by atoms with E-state index >= 15 is 0 Å². The van der Waals surface area contributed by atoms with E-state index in [1.54, 1.807) is 0 Å². The molecule has 4 nitrogen and oxygen atoms in total. The smallest absolute Gasteiger partial charge is 0.124 e. The Bertz CT molecular complexity index is 1290. The number of ether oxygens (including phenoxy) is 1. The van der Waals surface area contributed by atoms with Gasteiger partial charge < -0.3 is 15.2 Å². The topological polar surface area (TPSA) is 53.9 Å². The summed E-state index contributed by atoms with van der Waals surface area (Å²) < 4.78 is 6.09. The average Bonchev–Trinajstić information content (AvgIpc) is 3.66. The average molecular weight is 507 g/mol. The van der Waals surface area contributed by atoms with Crippen molar-refractivity contribution in [3.05, 3.63) is 93.0 Å². The molecule has 2 N–H and O–H groups in total. The standard InChI is InChI=1S/C29H28Cl2N2O2/c30-21-3-1-2-20(14-21)24-10-11-32-28(29(24)17-33-26-16-22(31)7-8-25(26)29)23-15-19(18-4-5-18)6-9-27(23)35-13-12-34/h1-3,6-9,14-18,24,28,32,34H,4-5,10-13H2/t24-,28?,29?/m0/s1. The first-order valence-corrected chi connectivity index (χ1v) is 13.1. The van der Waals surface area contributed by atoms with Crippen LogP contribution in [0.4, 0.5) is 5.69 Å². The third-order valence-electron chi connectivity index (χ3n) is 7.67. The minimum atomic E-state index is -0.442. The van der Waals surface area contributed by atoms with Gasteiger partial charge in [-0.25, -0.2) is 0 Å². The van der Waals surface area contributed by atoms with Gasteiger partial charge in [0.15, 0.2) is 0 Å². The number of nitrogens with one attached hydrogen (secondary N) is 1. The Balaban J connectivity index is 1.55. The number of aliphatic imine (C=N–C) groups is 1. The molecule has 2 fully saturated rings. The highest BCUT2D eigenvalue weighted by Crippen LogP contribution is 2.57. The molecular weight excluding hydrogens is 479 g/mol. The SMILES string of the molecule is OCCOc1ccc(C2CC2)cc1C1NCC[C@@H](c2cccc(Cl)c2)C12C=Nc1cc(Cl)ccc12. The molecule has 0 radical (unpaired) electrons. The largest absolute Gasteiger partial charge is 0.491 e. The second-order valence-electron chi connectivity index (χ2n) is 9.78. The molecule has 1 saturated heterocycles. The maximum absolute atomic E-state index is 9.47. The van der Waals surface area contributed by atoms with Crippen molar-refractivity contribution < 1.29 is 9.84 Å². The lowest BCUT2D eigenvalue weighted by atomic mass is 9.60. The molecule has 3 atom stereocenters. The Morgan fingerprint density at radius 2 is 1.83 bits per heavy atom. The number of piperidine rings is 1. The molecule has 0 aromatic heterocycles. The molecule has 3 aromatic rings. The van der Waals surface area contributed by atoms with Gasteiger partial charge in [-0.05, 0) is 78.7 Å². The lowest BCUT2D eigenvalue weighted by molar-refractivity contribution is 0.195. The molecule has 6 heteroatoms. The van der Waals surface area contributed by atoms with E-state index < -0.39 is 5.41 Å². The van der Waals surface area contributed by atoms with Crippen LogP contribution in [0.5, 0.6) is 5.75 Å². The van der Waals surface area contributed by atoms with Gasteiger partial charge in [-0.2, -0.15) is 0 Å². The molecule has 2 heterocycles. The number of rotatable bonds is 6. The molecule has 2 unspecified atom stereocenters. The molecule has 6 rings (SSSR count). The lowest BCUT2D eigenvalue weighted by Crippen LogP contribution is -2.51. The number of fused-ring (bicyclic) bond motifs is 2. The number of aliphatic hydroxyl groups is 1. The Morgan fingerprint density at radius 3 is 2.63 bits per heavy atom. The van der Waals surface area contributed by atoms with E-state index in [9.17, 15) is 5.11 Å². The van der Waals surface area contributed by atoms with Crippen LogP contribution >= 0.6 is 23.2 Å². The first kappa shape index (κ1) is 23.1. The second-order valence-corrected chi connectivity index (χ2v) is 10.7. The number of benzene rings is 3. The lowest BCUT2D eigenvalue weighted by Gasteiger charge is -2.48. The van der Waals surface area contributed by atoms with Crippen LogP contribution in [0.25, 0.3) is 0 Å². The normalized spacial score (nSPS) is 25.1. The zero-order valence-corrected chi connectivity index (χ0v) is 20.9. The first-order valence-electron chi connectivity index (χ1n) is 12.3. The van der Waals surface area contributed by atoms with Crippen LogP contribution in [0.15, 0.2) is 65.7 Å². The van der Waals surface area contributed by atoms with Crippen LogP contribution in [0.3, 0.4) is 0 Å². The minimum absolute atomic E-state index is 0.0268. The van der Waals surface area contributed by atoms with Crippen LogP contribution < -0.4 is 10.1 Å². The summed E-state index contributed by atoms with van der Waals surface area (Å²) in [6.07, 6.45) is 5.52. The Kier molecular flexibility index (Phi) is 6.10. The molecule has 3 aliphatic rings. The maximum atomic E-state index is 9.47. The van der Waals surface area contributed by atoms with Gasteiger partial charge in [-0.1, -0.05) is 53.5 Å². The van der Waals surface area contributed by atoms with Crippen LogP contribution in [-0.2, 0) is 5.41 Å². The van der Waals surface area contributed by atoms with Crippen LogP contribution in [0, 0.1) is 0 Å². The van der Waals surface area contributed by atoms with E-state index in [4.69, 9.17) is 32.9 Å². The summed E-state index contributed by atoms with van der Waals surface area (Å²) in [6.45, 7) is 1.09.